The number of esters is 2. The summed E-state index contributed by atoms with van der Waals surface area (Å²) in [7, 11) is 2.41. The lowest BCUT2D eigenvalue weighted by Crippen LogP contribution is -2.26. The zero-order valence-corrected chi connectivity index (χ0v) is 11.7. The fraction of sp³-hybridized carbons (Fsp3) is 0.429. The van der Waals surface area contributed by atoms with E-state index in [1.54, 1.807) is 18.2 Å². The first kappa shape index (κ1) is 15.1. The van der Waals surface area contributed by atoms with Crippen molar-refractivity contribution in [1.29, 1.82) is 0 Å². The van der Waals surface area contributed by atoms with Gasteiger partial charge in [0.2, 0.25) is 6.79 Å². The van der Waals surface area contributed by atoms with E-state index in [-0.39, 0.29) is 13.2 Å². The van der Waals surface area contributed by atoms with Crippen molar-refractivity contribution in [1.82, 2.24) is 0 Å². The number of methoxy groups -OCH3 is 2. The van der Waals surface area contributed by atoms with Crippen LogP contribution in [0.15, 0.2) is 18.2 Å². The highest BCUT2D eigenvalue weighted by molar-refractivity contribution is 5.80. The van der Waals surface area contributed by atoms with Gasteiger partial charge in [-0.15, -0.1) is 0 Å². The Morgan fingerprint density at radius 1 is 1.24 bits per heavy atom. The maximum absolute atomic E-state index is 11.8. The minimum Gasteiger partial charge on any atom is -0.469 e. The lowest BCUT2D eigenvalue weighted by Gasteiger charge is -2.20. The van der Waals surface area contributed by atoms with Gasteiger partial charge < -0.3 is 24.1 Å². The summed E-state index contributed by atoms with van der Waals surface area (Å²) in [4.78, 5) is 23.1. The molecule has 7 nitrogen and oxygen atoms in total. The van der Waals surface area contributed by atoms with E-state index in [0.29, 0.717) is 17.1 Å². The van der Waals surface area contributed by atoms with E-state index in [4.69, 9.17) is 9.47 Å². The first-order valence-corrected chi connectivity index (χ1v) is 6.29. The van der Waals surface area contributed by atoms with Crippen molar-refractivity contribution in [2.24, 2.45) is 5.92 Å². The van der Waals surface area contributed by atoms with Gasteiger partial charge in [0.15, 0.2) is 11.5 Å². The minimum absolute atomic E-state index is 0.109. The summed E-state index contributed by atoms with van der Waals surface area (Å²) in [6, 6.07) is 4.80. The fourth-order valence-corrected chi connectivity index (χ4v) is 2.07. The Bertz CT molecular complexity index is 540. The highest BCUT2D eigenvalue weighted by Crippen LogP contribution is 2.36. The van der Waals surface area contributed by atoms with E-state index in [9.17, 15) is 14.7 Å². The molecule has 0 bridgehead atoms. The van der Waals surface area contributed by atoms with Crippen molar-refractivity contribution in [2.45, 2.75) is 12.5 Å². The molecule has 0 spiro atoms. The number of aliphatic hydroxyl groups excluding tert-OH is 1. The zero-order chi connectivity index (χ0) is 15.4. The molecule has 1 heterocycles. The van der Waals surface area contributed by atoms with Crippen LogP contribution in [0.25, 0.3) is 0 Å². The topological polar surface area (TPSA) is 91.3 Å². The number of benzene rings is 1. The molecule has 0 radical (unpaired) electrons. The number of carbonyl (C=O) groups is 2. The van der Waals surface area contributed by atoms with E-state index >= 15 is 0 Å². The second-order valence-electron chi connectivity index (χ2n) is 4.47. The third-order valence-corrected chi connectivity index (χ3v) is 3.24. The summed E-state index contributed by atoms with van der Waals surface area (Å²) >= 11 is 0. The Kier molecular flexibility index (Phi) is 4.64. The molecular formula is C14H16O7. The summed E-state index contributed by atoms with van der Waals surface area (Å²) in [5.74, 6) is -1.31. The fourth-order valence-electron chi connectivity index (χ4n) is 2.07. The number of rotatable bonds is 5. The number of ether oxygens (including phenoxy) is 4. The lowest BCUT2D eigenvalue weighted by atomic mass is 9.92. The zero-order valence-electron chi connectivity index (χ0n) is 11.7. The van der Waals surface area contributed by atoms with Gasteiger partial charge in [-0.05, 0) is 17.7 Å². The normalized spacial score (nSPS) is 15.2. The highest BCUT2D eigenvalue weighted by Gasteiger charge is 2.32. The number of carbonyl (C=O) groups excluding carboxylic acids is 2. The van der Waals surface area contributed by atoms with Crippen LogP contribution in [0.1, 0.15) is 18.1 Å². The van der Waals surface area contributed by atoms with Gasteiger partial charge in [0, 0.05) is 0 Å². The molecule has 2 rings (SSSR count). The first-order valence-electron chi connectivity index (χ1n) is 6.29. The second-order valence-corrected chi connectivity index (χ2v) is 4.47. The van der Waals surface area contributed by atoms with Crippen LogP contribution < -0.4 is 9.47 Å². The summed E-state index contributed by atoms with van der Waals surface area (Å²) in [6.07, 6.45) is -1.50. The Hall–Kier alpha value is -2.28. The lowest BCUT2D eigenvalue weighted by molar-refractivity contribution is -0.156. The molecule has 1 N–H and O–H groups in total. The molecule has 21 heavy (non-hydrogen) atoms. The van der Waals surface area contributed by atoms with Crippen molar-refractivity contribution in [3.8, 4) is 11.5 Å². The second kappa shape index (κ2) is 6.45. The monoisotopic (exact) mass is 296 g/mol. The molecule has 0 fully saturated rings. The molecule has 1 aromatic rings. The van der Waals surface area contributed by atoms with E-state index < -0.39 is 24.0 Å². The molecule has 1 aromatic carbocycles. The van der Waals surface area contributed by atoms with Gasteiger partial charge in [0.05, 0.1) is 32.7 Å². The molecular weight excluding hydrogens is 280 g/mol. The predicted octanol–water partition coefficient (Wildman–Crippen LogP) is 0.801. The van der Waals surface area contributed by atoms with Crippen molar-refractivity contribution in [3.63, 3.8) is 0 Å². The van der Waals surface area contributed by atoms with Crippen molar-refractivity contribution >= 4 is 11.9 Å². The highest BCUT2D eigenvalue weighted by atomic mass is 16.7. The van der Waals surface area contributed by atoms with Crippen LogP contribution in [0, 0.1) is 5.92 Å². The molecule has 1 aliphatic rings. The van der Waals surface area contributed by atoms with Crippen LogP contribution in [0.2, 0.25) is 0 Å². The van der Waals surface area contributed by atoms with Crippen LogP contribution in [0.4, 0.5) is 0 Å². The molecule has 0 unspecified atom stereocenters. The Morgan fingerprint density at radius 2 is 1.95 bits per heavy atom. The Balaban J connectivity index is 2.22. The molecule has 0 aliphatic carbocycles. The van der Waals surface area contributed by atoms with Crippen molar-refractivity contribution < 1.29 is 33.6 Å². The van der Waals surface area contributed by atoms with Crippen LogP contribution in [0.3, 0.4) is 0 Å². The number of aliphatic hydroxyl groups is 1. The van der Waals surface area contributed by atoms with Crippen molar-refractivity contribution in [2.75, 3.05) is 21.0 Å². The molecule has 2 atom stereocenters. The van der Waals surface area contributed by atoms with Gasteiger partial charge in [-0.1, -0.05) is 6.07 Å². The Labute approximate surface area is 121 Å². The standard InChI is InChI=1S/C14H16O7/c1-18-12(15)6-9(14(17)19-2)13(16)8-3-4-10-11(5-8)21-7-20-10/h3-5,9,13,16H,6-7H2,1-2H3/t9-,13-/m0/s1. The number of hydrogen-bond donors (Lipinski definition) is 1. The number of hydrogen-bond acceptors (Lipinski definition) is 7. The predicted molar refractivity (Wildman–Crippen MR) is 69.7 cm³/mol. The van der Waals surface area contributed by atoms with E-state index in [2.05, 4.69) is 9.47 Å². The quantitative estimate of drug-likeness (QED) is 0.803. The summed E-state index contributed by atoms with van der Waals surface area (Å²) in [5.41, 5.74) is 0.429. The van der Waals surface area contributed by atoms with E-state index in [1.807, 2.05) is 0 Å². The molecule has 0 saturated carbocycles. The van der Waals surface area contributed by atoms with Crippen LogP contribution >= 0.6 is 0 Å². The van der Waals surface area contributed by atoms with E-state index in [0.717, 1.165) is 0 Å². The van der Waals surface area contributed by atoms with Gasteiger partial charge in [0.1, 0.15) is 0 Å². The molecule has 1 aliphatic heterocycles. The first-order chi connectivity index (χ1) is 10.1. The molecule has 0 amide bonds. The van der Waals surface area contributed by atoms with Gasteiger partial charge in [0.25, 0.3) is 0 Å². The summed E-state index contributed by atoms with van der Waals surface area (Å²) in [5, 5.41) is 10.4. The summed E-state index contributed by atoms with van der Waals surface area (Å²) < 4.78 is 19.6. The van der Waals surface area contributed by atoms with Gasteiger partial charge >= 0.3 is 11.9 Å². The van der Waals surface area contributed by atoms with E-state index in [1.165, 1.54) is 14.2 Å². The average Bonchev–Trinajstić information content (AvgIpc) is 2.98. The van der Waals surface area contributed by atoms with Gasteiger partial charge in [-0.3, -0.25) is 9.59 Å². The van der Waals surface area contributed by atoms with Crippen LogP contribution in [-0.4, -0.2) is 38.1 Å². The number of fused-ring (bicyclic) bond motifs is 1. The van der Waals surface area contributed by atoms with Crippen LogP contribution in [0.5, 0.6) is 11.5 Å². The minimum atomic E-state index is -1.22. The van der Waals surface area contributed by atoms with Crippen molar-refractivity contribution in [3.05, 3.63) is 23.8 Å². The molecule has 0 saturated heterocycles. The third kappa shape index (κ3) is 3.25. The maximum Gasteiger partial charge on any atom is 0.312 e. The Morgan fingerprint density at radius 3 is 2.62 bits per heavy atom. The molecule has 0 aromatic heterocycles. The maximum atomic E-state index is 11.8. The average molecular weight is 296 g/mol. The SMILES string of the molecule is COC(=O)C[C@H](C(=O)OC)[C@@H](O)c1ccc2c(c1)OCO2. The van der Waals surface area contributed by atoms with Gasteiger partial charge in [-0.25, -0.2) is 0 Å². The molecule has 114 valence electrons. The summed E-state index contributed by atoms with van der Waals surface area (Å²) in [6.45, 7) is 0.109. The van der Waals surface area contributed by atoms with Gasteiger partial charge in [-0.2, -0.15) is 0 Å². The third-order valence-electron chi connectivity index (χ3n) is 3.24. The van der Waals surface area contributed by atoms with Crippen LogP contribution in [-0.2, 0) is 19.1 Å². The smallest absolute Gasteiger partial charge is 0.312 e. The molecule has 7 heteroatoms. The largest absolute Gasteiger partial charge is 0.469 e.